The van der Waals surface area contributed by atoms with E-state index in [1.807, 2.05) is 0 Å². The number of likely N-dealkylation sites (tertiary alicyclic amines) is 1. The predicted molar refractivity (Wildman–Crippen MR) is 65.5 cm³/mol. The summed E-state index contributed by atoms with van der Waals surface area (Å²) in [6, 6.07) is 5.24. The summed E-state index contributed by atoms with van der Waals surface area (Å²) in [5.41, 5.74) is 1.09. The van der Waals surface area contributed by atoms with Gasteiger partial charge in [-0.25, -0.2) is 4.39 Å². The monoisotopic (exact) mass is 235 g/mol. The highest BCUT2D eigenvalue weighted by Crippen LogP contribution is 2.20. The van der Waals surface area contributed by atoms with Gasteiger partial charge in [-0.2, -0.15) is 0 Å². The molecule has 1 aromatic rings. The summed E-state index contributed by atoms with van der Waals surface area (Å²) in [4.78, 5) is 12.8. The minimum absolute atomic E-state index is 0.271. The van der Waals surface area contributed by atoms with Crippen molar-refractivity contribution in [3.05, 3.63) is 35.1 Å². The number of piperidine rings is 1. The molecule has 1 aliphatic heterocycles. The molecule has 1 aromatic carbocycles. The number of carbonyl (C=O) groups is 1. The van der Waals surface area contributed by atoms with Gasteiger partial charge in [-0.3, -0.25) is 9.69 Å². The van der Waals surface area contributed by atoms with Crippen LogP contribution in [0.3, 0.4) is 0 Å². The molecule has 0 aliphatic carbocycles. The Labute approximate surface area is 101 Å². The largest absolute Gasteiger partial charge is 0.298 e. The molecule has 2 nitrogen and oxygen atoms in total. The third kappa shape index (κ3) is 2.91. The predicted octanol–water partition coefficient (Wildman–Crippen LogP) is 3.01. The molecule has 0 saturated carbocycles. The van der Waals surface area contributed by atoms with E-state index in [4.69, 9.17) is 0 Å². The third-order valence-electron chi connectivity index (χ3n) is 3.53. The number of aldehydes is 1. The van der Waals surface area contributed by atoms with Gasteiger partial charge in [-0.15, -0.1) is 0 Å². The van der Waals surface area contributed by atoms with Crippen molar-refractivity contribution in [2.24, 2.45) is 0 Å². The molecule has 1 atom stereocenters. The molecule has 0 N–H and O–H groups in total. The van der Waals surface area contributed by atoms with Crippen molar-refractivity contribution in [3.63, 3.8) is 0 Å². The maximum atomic E-state index is 13.7. The summed E-state index contributed by atoms with van der Waals surface area (Å²) >= 11 is 0. The quantitative estimate of drug-likeness (QED) is 0.751. The molecule has 3 heteroatoms. The van der Waals surface area contributed by atoms with E-state index in [9.17, 15) is 9.18 Å². The Morgan fingerprint density at radius 3 is 2.94 bits per heavy atom. The van der Waals surface area contributed by atoms with Crippen molar-refractivity contribution in [2.45, 2.75) is 38.8 Å². The lowest BCUT2D eigenvalue weighted by Crippen LogP contribution is -2.36. The van der Waals surface area contributed by atoms with Gasteiger partial charge < -0.3 is 0 Å². The SMILES string of the molecule is C[C@H]1CCCCN1Cc1ccc(C=O)cc1F. The van der Waals surface area contributed by atoms with Crippen LogP contribution in [0.4, 0.5) is 4.39 Å². The van der Waals surface area contributed by atoms with Gasteiger partial charge in [0.15, 0.2) is 0 Å². The number of halogens is 1. The first-order valence-corrected chi connectivity index (χ1v) is 6.18. The van der Waals surface area contributed by atoms with Gasteiger partial charge in [-0.05, 0) is 32.4 Å². The maximum Gasteiger partial charge on any atom is 0.150 e. The van der Waals surface area contributed by atoms with E-state index in [0.717, 1.165) is 6.54 Å². The fourth-order valence-electron chi connectivity index (χ4n) is 2.38. The lowest BCUT2D eigenvalue weighted by molar-refractivity contribution is 0.112. The zero-order valence-corrected chi connectivity index (χ0v) is 10.2. The van der Waals surface area contributed by atoms with Crippen molar-refractivity contribution in [1.82, 2.24) is 4.90 Å². The number of nitrogens with zero attached hydrogens (tertiary/aromatic N) is 1. The Hall–Kier alpha value is -1.22. The third-order valence-corrected chi connectivity index (χ3v) is 3.53. The minimum Gasteiger partial charge on any atom is -0.298 e. The van der Waals surface area contributed by atoms with Gasteiger partial charge >= 0.3 is 0 Å². The van der Waals surface area contributed by atoms with Crippen LogP contribution < -0.4 is 0 Å². The van der Waals surface area contributed by atoms with Crippen LogP contribution in [0.1, 0.15) is 42.1 Å². The zero-order chi connectivity index (χ0) is 12.3. The van der Waals surface area contributed by atoms with E-state index in [1.165, 1.54) is 25.3 Å². The molecule has 0 aromatic heterocycles. The Morgan fingerprint density at radius 1 is 1.47 bits per heavy atom. The van der Waals surface area contributed by atoms with Crippen molar-refractivity contribution in [3.8, 4) is 0 Å². The molecule has 92 valence electrons. The molecule has 17 heavy (non-hydrogen) atoms. The Bertz CT molecular complexity index is 405. The van der Waals surface area contributed by atoms with Crippen molar-refractivity contribution in [1.29, 1.82) is 0 Å². The summed E-state index contributed by atoms with van der Waals surface area (Å²) < 4.78 is 13.7. The van der Waals surface area contributed by atoms with E-state index in [0.29, 0.717) is 30.0 Å². The summed E-state index contributed by atoms with van der Waals surface area (Å²) in [6.07, 6.45) is 4.33. The maximum absolute atomic E-state index is 13.7. The molecule has 1 fully saturated rings. The second-order valence-electron chi connectivity index (χ2n) is 4.78. The summed E-state index contributed by atoms with van der Waals surface area (Å²) in [6.45, 7) is 3.87. The average molecular weight is 235 g/mol. The highest BCUT2D eigenvalue weighted by atomic mass is 19.1. The summed E-state index contributed by atoms with van der Waals surface area (Å²) in [5.74, 6) is -0.271. The van der Waals surface area contributed by atoms with Crippen LogP contribution in [0, 0.1) is 5.82 Å². The van der Waals surface area contributed by atoms with Crippen LogP contribution >= 0.6 is 0 Å². The van der Waals surface area contributed by atoms with Gasteiger partial charge in [0.1, 0.15) is 12.1 Å². The molecular weight excluding hydrogens is 217 g/mol. The molecule has 0 radical (unpaired) electrons. The number of carbonyl (C=O) groups excluding carboxylic acids is 1. The smallest absolute Gasteiger partial charge is 0.150 e. The fraction of sp³-hybridized carbons (Fsp3) is 0.500. The van der Waals surface area contributed by atoms with Crippen LogP contribution in [0.15, 0.2) is 18.2 Å². The number of hydrogen-bond acceptors (Lipinski definition) is 2. The second kappa shape index (κ2) is 5.41. The first kappa shape index (κ1) is 12.2. The van der Waals surface area contributed by atoms with E-state index < -0.39 is 0 Å². The number of benzene rings is 1. The van der Waals surface area contributed by atoms with Crippen LogP contribution in [0.25, 0.3) is 0 Å². The molecule has 0 spiro atoms. The van der Waals surface area contributed by atoms with Gasteiger partial charge in [-0.1, -0.05) is 18.6 Å². The fourth-order valence-corrected chi connectivity index (χ4v) is 2.38. The van der Waals surface area contributed by atoms with Crippen LogP contribution in [0.2, 0.25) is 0 Å². The number of hydrogen-bond donors (Lipinski definition) is 0. The highest BCUT2D eigenvalue weighted by molar-refractivity contribution is 5.74. The Kier molecular flexibility index (Phi) is 3.89. The minimum atomic E-state index is -0.271. The zero-order valence-electron chi connectivity index (χ0n) is 10.2. The first-order valence-electron chi connectivity index (χ1n) is 6.18. The normalized spacial score (nSPS) is 21.4. The van der Waals surface area contributed by atoms with Gasteiger partial charge in [0, 0.05) is 23.7 Å². The van der Waals surface area contributed by atoms with E-state index in [1.54, 1.807) is 12.1 Å². The second-order valence-corrected chi connectivity index (χ2v) is 4.78. The van der Waals surface area contributed by atoms with Gasteiger partial charge in [0.05, 0.1) is 0 Å². The summed E-state index contributed by atoms with van der Waals surface area (Å²) in [7, 11) is 0. The molecule has 1 heterocycles. The van der Waals surface area contributed by atoms with Crippen LogP contribution in [0.5, 0.6) is 0 Å². The first-order chi connectivity index (χ1) is 8.20. The standard InChI is InChI=1S/C14H18FNO/c1-11-4-2-3-7-16(11)9-13-6-5-12(10-17)8-14(13)15/h5-6,8,10-11H,2-4,7,9H2,1H3/t11-/m0/s1. The lowest BCUT2D eigenvalue weighted by Gasteiger charge is -2.33. The number of rotatable bonds is 3. The van der Waals surface area contributed by atoms with Crippen molar-refractivity contribution < 1.29 is 9.18 Å². The lowest BCUT2D eigenvalue weighted by atomic mass is 10.0. The Balaban J connectivity index is 2.09. The summed E-state index contributed by atoms with van der Waals surface area (Å²) in [5, 5.41) is 0. The van der Waals surface area contributed by atoms with Gasteiger partial charge in [0.25, 0.3) is 0 Å². The molecule has 2 rings (SSSR count). The Morgan fingerprint density at radius 2 is 2.29 bits per heavy atom. The topological polar surface area (TPSA) is 20.3 Å². The molecule has 0 bridgehead atoms. The molecular formula is C14H18FNO. The molecule has 0 amide bonds. The van der Waals surface area contributed by atoms with E-state index in [-0.39, 0.29) is 5.82 Å². The van der Waals surface area contributed by atoms with Crippen molar-refractivity contribution in [2.75, 3.05) is 6.54 Å². The van der Waals surface area contributed by atoms with Crippen LogP contribution in [-0.4, -0.2) is 23.8 Å². The van der Waals surface area contributed by atoms with E-state index in [2.05, 4.69) is 11.8 Å². The highest BCUT2D eigenvalue weighted by Gasteiger charge is 2.19. The van der Waals surface area contributed by atoms with E-state index >= 15 is 0 Å². The molecule has 1 saturated heterocycles. The van der Waals surface area contributed by atoms with Crippen LogP contribution in [-0.2, 0) is 6.54 Å². The molecule has 0 unspecified atom stereocenters. The van der Waals surface area contributed by atoms with Gasteiger partial charge in [0.2, 0.25) is 0 Å². The molecule has 1 aliphatic rings. The average Bonchev–Trinajstić information content (AvgIpc) is 2.34. The van der Waals surface area contributed by atoms with Crippen molar-refractivity contribution >= 4 is 6.29 Å².